The quantitative estimate of drug-likeness (QED) is 0.254. The van der Waals surface area contributed by atoms with Gasteiger partial charge in [-0.3, -0.25) is 14.7 Å². The molecule has 27 heavy (non-hydrogen) atoms. The fourth-order valence-electron chi connectivity index (χ4n) is 2.70. The molecule has 0 aliphatic rings. The van der Waals surface area contributed by atoms with Gasteiger partial charge in [0.25, 0.3) is 5.69 Å². The van der Waals surface area contributed by atoms with Crippen LogP contribution in [0.1, 0.15) is 11.1 Å². The molecule has 0 spiro atoms. The molecule has 0 atom stereocenters. The SMILES string of the molecule is C=CCn1c(SCc2cccc([N+](=O)[O-])c2C)nnc1-c1ccccc1F. The minimum Gasteiger partial charge on any atom is -0.298 e. The molecule has 0 amide bonds. The van der Waals surface area contributed by atoms with E-state index in [1.165, 1.54) is 23.9 Å². The average molecular weight is 384 g/mol. The predicted molar refractivity (Wildman–Crippen MR) is 103 cm³/mol. The Morgan fingerprint density at radius 2 is 2.04 bits per heavy atom. The molecule has 138 valence electrons. The Hall–Kier alpha value is -3.00. The van der Waals surface area contributed by atoms with Crippen LogP contribution < -0.4 is 0 Å². The molecule has 2 aromatic carbocycles. The molecular weight excluding hydrogens is 367 g/mol. The normalized spacial score (nSPS) is 10.7. The van der Waals surface area contributed by atoms with Gasteiger partial charge in [-0.25, -0.2) is 4.39 Å². The van der Waals surface area contributed by atoms with Crippen molar-refractivity contribution in [2.75, 3.05) is 0 Å². The maximum atomic E-state index is 14.2. The van der Waals surface area contributed by atoms with E-state index in [1.54, 1.807) is 41.8 Å². The second-order valence-corrected chi connectivity index (χ2v) is 6.73. The highest BCUT2D eigenvalue weighted by Gasteiger charge is 2.18. The zero-order chi connectivity index (χ0) is 19.4. The first-order valence-corrected chi connectivity index (χ1v) is 9.16. The summed E-state index contributed by atoms with van der Waals surface area (Å²) >= 11 is 1.39. The molecule has 0 unspecified atom stereocenters. The summed E-state index contributed by atoms with van der Waals surface area (Å²) in [5, 5.41) is 20.0. The molecule has 0 aliphatic heterocycles. The van der Waals surface area contributed by atoms with Gasteiger partial charge in [0.15, 0.2) is 11.0 Å². The predicted octanol–water partition coefficient (Wildman–Crippen LogP) is 4.78. The summed E-state index contributed by atoms with van der Waals surface area (Å²) in [7, 11) is 0. The Kier molecular flexibility index (Phi) is 5.66. The van der Waals surface area contributed by atoms with Crippen LogP contribution in [-0.2, 0) is 12.3 Å². The van der Waals surface area contributed by atoms with Gasteiger partial charge in [-0.15, -0.1) is 16.8 Å². The van der Waals surface area contributed by atoms with Crippen LogP contribution in [0.2, 0.25) is 0 Å². The molecule has 0 fully saturated rings. The van der Waals surface area contributed by atoms with Crippen molar-refractivity contribution in [3.8, 4) is 11.4 Å². The molecule has 0 saturated heterocycles. The Labute approximate surface area is 159 Å². The summed E-state index contributed by atoms with van der Waals surface area (Å²) in [5.74, 6) is 0.535. The van der Waals surface area contributed by atoms with Crippen molar-refractivity contribution in [2.24, 2.45) is 0 Å². The lowest BCUT2D eigenvalue weighted by molar-refractivity contribution is -0.385. The zero-order valence-electron chi connectivity index (χ0n) is 14.6. The van der Waals surface area contributed by atoms with Crippen LogP contribution in [0, 0.1) is 22.9 Å². The van der Waals surface area contributed by atoms with Crippen molar-refractivity contribution in [3.63, 3.8) is 0 Å². The van der Waals surface area contributed by atoms with E-state index >= 15 is 0 Å². The fraction of sp³-hybridized carbons (Fsp3) is 0.158. The molecule has 0 aliphatic carbocycles. The van der Waals surface area contributed by atoms with Crippen LogP contribution >= 0.6 is 11.8 Å². The van der Waals surface area contributed by atoms with Crippen LogP contribution in [0.25, 0.3) is 11.4 Å². The monoisotopic (exact) mass is 384 g/mol. The van der Waals surface area contributed by atoms with Crippen molar-refractivity contribution in [1.82, 2.24) is 14.8 Å². The highest BCUT2D eigenvalue weighted by atomic mass is 32.2. The molecular formula is C19H17FN4O2S. The van der Waals surface area contributed by atoms with Crippen LogP contribution in [0.4, 0.5) is 10.1 Å². The van der Waals surface area contributed by atoms with E-state index in [0.29, 0.717) is 34.4 Å². The molecule has 6 nitrogen and oxygen atoms in total. The van der Waals surface area contributed by atoms with E-state index in [1.807, 2.05) is 6.07 Å². The largest absolute Gasteiger partial charge is 0.298 e. The summed E-state index contributed by atoms with van der Waals surface area (Å²) in [6.45, 7) is 5.90. The van der Waals surface area contributed by atoms with Gasteiger partial charge < -0.3 is 0 Å². The molecule has 0 N–H and O–H groups in total. The summed E-state index contributed by atoms with van der Waals surface area (Å²) in [4.78, 5) is 10.7. The number of nitro groups is 1. The average Bonchev–Trinajstić information content (AvgIpc) is 3.04. The molecule has 1 heterocycles. The van der Waals surface area contributed by atoms with E-state index in [-0.39, 0.29) is 16.4 Å². The van der Waals surface area contributed by atoms with Gasteiger partial charge in [-0.1, -0.05) is 42.1 Å². The summed E-state index contributed by atoms with van der Waals surface area (Å²) in [6, 6.07) is 11.4. The number of nitrogens with zero attached hydrogens (tertiary/aromatic N) is 4. The van der Waals surface area contributed by atoms with E-state index in [4.69, 9.17) is 0 Å². The second-order valence-electron chi connectivity index (χ2n) is 5.79. The minimum atomic E-state index is -0.389. The first kappa shape index (κ1) is 18.8. The van der Waals surface area contributed by atoms with Crippen LogP contribution in [0.5, 0.6) is 0 Å². The number of aromatic nitrogens is 3. The van der Waals surface area contributed by atoms with Gasteiger partial charge in [-0.05, 0) is 24.6 Å². The molecule has 0 bridgehead atoms. The number of thioether (sulfide) groups is 1. The van der Waals surface area contributed by atoms with E-state index in [0.717, 1.165) is 5.56 Å². The Bertz CT molecular complexity index is 1000. The van der Waals surface area contributed by atoms with Crippen LogP contribution in [0.15, 0.2) is 60.3 Å². The van der Waals surface area contributed by atoms with Gasteiger partial charge in [-0.2, -0.15) is 0 Å². The van der Waals surface area contributed by atoms with Crippen molar-refractivity contribution >= 4 is 17.4 Å². The first-order valence-electron chi connectivity index (χ1n) is 8.17. The van der Waals surface area contributed by atoms with E-state index in [2.05, 4.69) is 16.8 Å². The highest BCUT2D eigenvalue weighted by Crippen LogP contribution is 2.30. The topological polar surface area (TPSA) is 73.8 Å². The van der Waals surface area contributed by atoms with Crippen LogP contribution in [0.3, 0.4) is 0 Å². The first-order chi connectivity index (χ1) is 13.0. The second kappa shape index (κ2) is 8.13. The lowest BCUT2D eigenvalue weighted by Crippen LogP contribution is -2.02. The number of benzene rings is 2. The van der Waals surface area contributed by atoms with Gasteiger partial charge in [0.2, 0.25) is 0 Å². The van der Waals surface area contributed by atoms with Crippen molar-refractivity contribution in [1.29, 1.82) is 0 Å². The third kappa shape index (κ3) is 3.90. The summed E-state index contributed by atoms with van der Waals surface area (Å²) < 4.78 is 15.9. The van der Waals surface area contributed by atoms with E-state index < -0.39 is 0 Å². The van der Waals surface area contributed by atoms with Gasteiger partial charge >= 0.3 is 0 Å². The zero-order valence-corrected chi connectivity index (χ0v) is 15.4. The minimum absolute atomic E-state index is 0.0905. The lowest BCUT2D eigenvalue weighted by Gasteiger charge is -2.09. The lowest BCUT2D eigenvalue weighted by atomic mass is 10.1. The Morgan fingerprint density at radius 3 is 2.74 bits per heavy atom. The third-order valence-electron chi connectivity index (χ3n) is 4.11. The maximum absolute atomic E-state index is 14.2. The standard InChI is InChI=1S/C19H17FN4O2S/c1-3-11-23-18(15-8-4-5-9-16(15)20)21-22-19(23)27-12-14-7-6-10-17(13(14)2)24(25)26/h3-10H,1,11-12H2,2H3. The number of halogens is 1. The highest BCUT2D eigenvalue weighted by molar-refractivity contribution is 7.98. The molecule has 8 heteroatoms. The number of nitro benzene ring substituents is 1. The number of rotatable bonds is 7. The fourth-order valence-corrected chi connectivity index (χ4v) is 3.71. The maximum Gasteiger partial charge on any atom is 0.272 e. The molecule has 3 aromatic rings. The molecule has 0 saturated carbocycles. The number of hydrogen-bond donors (Lipinski definition) is 0. The van der Waals surface area contributed by atoms with Gasteiger partial charge in [0.1, 0.15) is 5.82 Å². The van der Waals surface area contributed by atoms with Crippen molar-refractivity contribution < 1.29 is 9.31 Å². The number of allylic oxidation sites excluding steroid dienone is 1. The summed E-state index contributed by atoms with van der Waals surface area (Å²) in [5.41, 5.74) is 1.92. The summed E-state index contributed by atoms with van der Waals surface area (Å²) in [6.07, 6.45) is 1.69. The Balaban J connectivity index is 1.91. The van der Waals surface area contributed by atoms with Gasteiger partial charge in [0, 0.05) is 23.9 Å². The van der Waals surface area contributed by atoms with Gasteiger partial charge in [0.05, 0.1) is 10.5 Å². The molecule has 3 rings (SSSR count). The third-order valence-corrected chi connectivity index (χ3v) is 5.13. The van der Waals surface area contributed by atoms with Crippen molar-refractivity contribution in [3.05, 3.63) is 82.2 Å². The molecule has 1 aromatic heterocycles. The van der Waals surface area contributed by atoms with Crippen LogP contribution in [-0.4, -0.2) is 19.7 Å². The Morgan fingerprint density at radius 1 is 1.26 bits per heavy atom. The van der Waals surface area contributed by atoms with Crippen molar-refractivity contribution in [2.45, 2.75) is 24.4 Å². The smallest absolute Gasteiger partial charge is 0.272 e. The molecule has 0 radical (unpaired) electrons. The van der Waals surface area contributed by atoms with E-state index in [9.17, 15) is 14.5 Å². The number of hydrogen-bond acceptors (Lipinski definition) is 5.